The van der Waals surface area contributed by atoms with Crippen molar-refractivity contribution in [3.05, 3.63) is 40.9 Å². The SMILES string of the molecule is COc1cccc(CNC(=O)Cc2csc(N)n2)c1. The van der Waals surface area contributed by atoms with Gasteiger partial charge < -0.3 is 15.8 Å². The number of hydrogen-bond acceptors (Lipinski definition) is 5. The van der Waals surface area contributed by atoms with E-state index in [0.29, 0.717) is 17.4 Å². The minimum Gasteiger partial charge on any atom is -0.497 e. The molecule has 0 aliphatic carbocycles. The number of nitrogen functional groups attached to an aromatic ring is 1. The van der Waals surface area contributed by atoms with E-state index >= 15 is 0 Å². The van der Waals surface area contributed by atoms with Gasteiger partial charge in [-0.05, 0) is 17.7 Å². The maximum Gasteiger partial charge on any atom is 0.226 e. The first-order valence-electron chi connectivity index (χ1n) is 5.77. The molecule has 3 N–H and O–H groups in total. The van der Waals surface area contributed by atoms with Crippen molar-refractivity contribution in [2.75, 3.05) is 12.8 Å². The summed E-state index contributed by atoms with van der Waals surface area (Å²) in [6.07, 6.45) is 0.248. The van der Waals surface area contributed by atoms with E-state index in [1.807, 2.05) is 24.3 Å². The van der Waals surface area contributed by atoms with E-state index in [9.17, 15) is 4.79 Å². The molecule has 100 valence electrons. The van der Waals surface area contributed by atoms with Gasteiger partial charge in [-0.2, -0.15) is 0 Å². The van der Waals surface area contributed by atoms with Gasteiger partial charge in [0.25, 0.3) is 0 Å². The van der Waals surface area contributed by atoms with Gasteiger partial charge in [0.05, 0.1) is 19.2 Å². The summed E-state index contributed by atoms with van der Waals surface area (Å²) >= 11 is 1.34. The molecule has 1 aromatic heterocycles. The highest BCUT2D eigenvalue weighted by Crippen LogP contribution is 2.13. The maximum absolute atomic E-state index is 11.7. The summed E-state index contributed by atoms with van der Waals surface area (Å²) in [5.74, 6) is 0.701. The molecule has 6 heteroatoms. The number of amides is 1. The molecule has 1 aromatic carbocycles. The minimum absolute atomic E-state index is 0.0758. The third-order valence-electron chi connectivity index (χ3n) is 2.54. The van der Waals surface area contributed by atoms with Crippen LogP contribution < -0.4 is 15.8 Å². The van der Waals surface area contributed by atoms with Crippen LogP contribution in [-0.4, -0.2) is 18.0 Å². The summed E-state index contributed by atoms with van der Waals surface area (Å²) in [5, 5.41) is 5.11. The fraction of sp³-hybridized carbons (Fsp3) is 0.231. The average molecular weight is 277 g/mol. The van der Waals surface area contributed by atoms with Crippen LogP contribution in [0.25, 0.3) is 0 Å². The van der Waals surface area contributed by atoms with E-state index in [-0.39, 0.29) is 12.3 Å². The third kappa shape index (κ3) is 3.96. The Kier molecular flexibility index (Phi) is 4.35. The Morgan fingerprint density at radius 2 is 2.37 bits per heavy atom. The first-order chi connectivity index (χ1) is 9.17. The molecule has 0 spiro atoms. The van der Waals surface area contributed by atoms with Crippen LogP contribution in [-0.2, 0) is 17.8 Å². The quantitative estimate of drug-likeness (QED) is 0.870. The summed E-state index contributed by atoms with van der Waals surface area (Å²) in [7, 11) is 1.62. The predicted octanol–water partition coefficient (Wildman–Crippen LogP) is 1.59. The molecule has 0 atom stereocenters. The lowest BCUT2D eigenvalue weighted by Crippen LogP contribution is -2.24. The van der Waals surface area contributed by atoms with Crippen molar-refractivity contribution >= 4 is 22.4 Å². The molecule has 0 fully saturated rings. The van der Waals surface area contributed by atoms with Gasteiger partial charge in [-0.1, -0.05) is 12.1 Å². The first kappa shape index (κ1) is 13.4. The lowest BCUT2D eigenvalue weighted by Gasteiger charge is -2.06. The van der Waals surface area contributed by atoms with Crippen LogP contribution >= 0.6 is 11.3 Å². The number of anilines is 1. The van der Waals surface area contributed by atoms with E-state index in [2.05, 4.69) is 10.3 Å². The maximum atomic E-state index is 11.7. The highest BCUT2D eigenvalue weighted by atomic mass is 32.1. The van der Waals surface area contributed by atoms with Gasteiger partial charge in [0, 0.05) is 11.9 Å². The van der Waals surface area contributed by atoms with Crippen LogP contribution in [0.5, 0.6) is 5.75 Å². The van der Waals surface area contributed by atoms with E-state index in [4.69, 9.17) is 10.5 Å². The van der Waals surface area contributed by atoms with Crippen LogP contribution in [0.4, 0.5) is 5.13 Å². The smallest absolute Gasteiger partial charge is 0.226 e. The number of hydrogen-bond donors (Lipinski definition) is 2. The number of carbonyl (C=O) groups excluding carboxylic acids is 1. The van der Waals surface area contributed by atoms with Crippen LogP contribution in [0, 0.1) is 0 Å². The Hall–Kier alpha value is -2.08. The Bertz CT molecular complexity index is 569. The number of rotatable bonds is 5. The van der Waals surface area contributed by atoms with Crippen LogP contribution in [0.15, 0.2) is 29.6 Å². The van der Waals surface area contributed by atoms with Crippen molar-refractivity contribution < 1.29 is 9.53 Å². The molecular weight excluding hydrogens is 262 g/mol. The number of aromatic nitrogens is 1. The van der Waals surface area contributed by atoms with E-state index in [1.54, 1.807) is 12.5 Å². The van der Waals surface area contributed by atoms with E-state index in [0.717, 1.165) is 11.3 Å². The summed E-state index contributed by atoms with van der Waals surface area (Å²) in [6.45, 7) is 0.468. The largest absolute Gasteiger partial charge is 0.497 e. The zero-order valence-electron chi connectivity index (χ0n) is 10.6. The second kappa shape index (κ2) is 6.19. The molecule has 0 saturated heterocycles. The molecule has 2 rings (SSSR count). The standard InChI is InChI=1S/C13H15N3O2S/c1-18-11-4-2-3-9(5-11)7-15-12(17)6-10-8-19-13(14)16-10/h2-5,8H,6-7H2,1H3,(H2,14,16)(H,15,17). The number of nitrogens with zero attached hydrogens (tertiary/aromatic N) is 1. The van der Waals surface area contributed by atoms with Gasteiger partial charge in [-0.3, -0.25) is 4.79 Å². The molecule has 19 heavy (non-hydrogen) atoms. The van der Waals surface area contributed by atoms with Crippen LogP contribution in [0.2, 0.25) is 0 Å². The van der Waals surface area contributed by atoms with Crippen molar-refractivity contribution in [3.8, 4) is 5.75 Å². The fourth-order valence-electron chi connectivity index (χ4n) is 1.61. The van der Waals surface area contributed by atoms with Crippen molar-refractivity contribution in [2.45, 2.75) is 13.0 Å². The van der Waals surface area contributed by atoms with Crippen molar-refractivity contribution in [1.29, 1.82) is 0 Å². The van der Waals surface area contributed by atoms with Crippen LogP contribution in [0.1, 0.15) is 11.3 Å². The summed E-state index contributed by atoms with van der Waals surface area (Å²) in [5.41, 5.74) is 7.20. The number of thiazole rings is 1. The first-order valence-corrected chi connectivity index (χ1v) is 6.65. The third-order valence-corrected chi connectivity index (χ3v) is 3.26. The molecule has 1 heterocycles. The number of nitrogens with two attached hydrogens (primary N) is 1. The molecule has 0 bridgehead atoms. The Labute approximate surface area is 115 Å². The van der Waals surface area contributed by atoms with Crippen molar-refractivity contribution in [2.24, 2.45) is 0 Å². The molecule has 0 unspecified atom stereocenters. The summed E-state index contributed by atoms with van der Waals surface area (Å²) < 4.78 is 5.12. The number of ether oxygens (including phenoxy) is 1. The van der Waals surface area contributed by atoms with Crippen molar-refractivity contribution in [1.82, 2.24) is 10.3 Å². The molecular formula is C13H15N3O2S. The molecule has 0 aliphatic heterocycles. The summed E-state index contributed by atoms with van der Waals surface area (Å²) in [4.78, 5) is 15.8. The van der Waals surface area contributed by atoms with Gasteiger partial charge in [0.2, 0.25) is 5.91 Å². The normalized spacial score (nSPS) is 10.2. The average Bonchev–Trinajstić information content (AvgIpc) is 2.82. The topological polar surface area (TPSA) is 77.2 Å². The highest BCUT2D eigenvalue weighted by molar-refractivity contribution is 7.13. The zero-order chi connectivity index (χ0) is 13.7. The number of carbonyl (C=O) groups is 1. The molecule has 0 radical (unpaired) electrons. The van der Waals surface area contributed by atoms with Gasteiger partial charge in [0.1, 0.15) is 5.75 Å². The van der Waals surface area contributed by atoms with Gasteiger partial charge in [-0.15, -0.1) is 11.3 Å². The Morgan fingerprint density at radius 1 is 1.53 bits per heavy atom. The second-order valence-corrected chi connectivity index (χ2v) is 4.87. The zero-order valence-corrected chi connectivity index (χ0v) is 11.4. The molecule has 5 nitrogen and oxygen atoms in total. The van der Waals surface area contributed by atoms with Crippen molar-refractivity contribution in [3.63, 3.8) is 0 Å². The lowest BCUT2D eigenvalue weighted by molar-refractivity contribution is -0.120. The Morgan fingerprint density at radius 3 is 3.05 bits per heavy atom. The number of benzene rings is 1. The predicted molar refractivity (Wildman–Crippen MR) is 75.1 cm³/mol. The second-order valence-electron chi connectivity index (χ2n) is 3.98. The van der Waals surface area contributed by atoms with Gasteiger partial charge >= 0.3 is 0 Å². The summed E-state index contributed by atoms with van der Waals surface area (Å²) in [6, 6.07) is 7.58. The lowest BCUT2D eigenvalue weighted by atomic mass is 10.2. The molecule has 1 amide bonds. The van der Waals surface area contributed by atoms with E-state index in [1.165, 1.54) is 11.3 Å². The number of methoxy groups -OCH3 is 1. The number of nitrogens with one attached hydrogen (secondary N) is 1. The Balaban J connectivity index is 1.86. The van der Waals surface area contributed by atoms with Gasteiger partial charge in [0.15, 0.2) is 5.13 Å². The molecule has 0 aliphatic rings. The monoisotopic (exact) mass is 277 g/mol. The molecule has 2 aromatic rings. The highest BCUT2D eigenvalue weighted by Gasteiger charge is 2.06. The van der Waals surface area contributed by atoms with Gasteiger partial charge in [-0.25, -0.2) is 4.98 Å². The van der Waals surface area contributed by atoms with E-state index < -0.39 is 0 Å². The fourth-order valence-corrected chi connectivity index (χ4v) is 2.18. The van der Waals surface area contributed by atoms with Crippen LogP contribution in [0.3, 0.4) is 0 Å². The molecule has 0 saturated carbocycles. The minimum atomic E-state index is -0.0758.